The van der Waals surface area contributed by atoms with Crippen molar-refractivity contribution >= 4 is 22.8 Å². The van der Waals surface area contributed by atoms with E-state index >= 15 is 0 Å². The number of hydrogen-bond acceptors (Lipinski definition) is 5. The Balaban J connectivity index is 1.59. The molecule has 0 aliphatic carbocycles. The van der Waals surface area contributed by atoms with E-state index < -0.39 is 24.5 Å². The topological polar surface area (TPSA) is 77.2 Å². The molecule has 0 aromatic carbocycles. The second-order valence-corrected chi connectivity index (χ2v) is 6.02. The summed E-state index contributed by atoms with van der Waals surface area (Å²) in [7, 11) is 1.87. The number of rotatable bonds is 4. The van der Waals surface area contributed by atoms with Gasteiger partial charge in [0, 0.05) is 32.3 Å². The number of aromatic amines is 1. The maximum absolute atomic E-state index is 12.2. The molecule has 1 aliphatic heterocycles. The Hall–Kier alpha value is -2.36. The number of amides is 1. The number of aromatic nitrogens is 3. The normalized spacial score (nSPS) is 17.0. The van der Waals surface area contributed by atoms with Crippen LogP contribution in [0.4, 0.5) is 19.0 Å². The van der Waals surface area contributed by atoms with Gasteiger partial charge in [-0.2, -0.15) is 13.2 Å². The Morgan fingerprint density at radius 1 is 1.40 bits per heavy atom. The van der Waals surface area contributed by atoms with Gasteiger partial charge in [-0.05, 0) is 18.9 Å². The fourth-order valence-electron chi connectivity index (χ4n) is 3.01. The molecular weight excluding hydrogens is 337 g/mol. The molecule has 2 N–H and O–H groups in total. The summed E-state index contributed by atoms with van der Waals surface area (Å²) < 4.78 is 36.6. The summed E-state index contributed by atoms with van der Waals surface area (Å²) in [4.78, 5) is 23.4. The van der Waals surface area contributed by atoms with E-state index in [-0.39, 0.29) is 0 Å². The highest BCUT2D eigenvalue weighted by atomic mass is 19.4. The molecule has 1 saturated heterocycles. The van der Waals surface area contributed by atoms with Crippen molar-refractivity contribution in [3.05, 3.63) is 18.6 Å². The molecular formula is C15H19F3N6O. The van der Waals surface area contributed by atoms with Crippen molar-refractivity contribution in [2.75, 3.05) is 31.7 Å². The molecule has 0 saturated carbocycles. The first-order valence-electron chi connectivity index (χ1n) is 7.96. The lowest BCUT2D eigenvalue weighted by molar-refractivity contribution is -0.141. The molecule has 1 aliphatic rings. The summed E-state index contributed by atoms with van der Waals surface area (Å²) in [6.45, 7) is -0.147. The first-order valence-corrected chi connectivity index (χ1v) is 7.96. The van der Waals surface area contributed by atoms with Gasteiger partial charge in [0.1, 0.15) is 18.5 Å². The number of nitrogens with one attached hydrogen (secondary N) is 2. The molecule has 1 fully saturated rings. The van der Waals surface area contributed by atoms with Crippen molar-refractivity contribution in [3.8, 4) is 0 Å². The molecule has 0 spiro atoms. The van der Waals surface area contributed by atoms with Crippen LogP contribution >= 0.6 is 0 Å². The molecule has 2 aromatic heterocycles. The highest BCUT2D eigenvalue weighted by Gasteiger charge is 2.32. The zero-order valence-corrected chi connectivity index (χ0v) is 13.7. The monoisotopic (exact) mass is 356 g/mol. The zero-order chi connectivity index (χ0) is 18.0. The van der Waals surface area contributed by atoms with Crippen molar-refractivity contribution in [3.63, 3.8) is 0 Å². The highest BCUT2D eigenvalue weighted by Crippen LogP contribution is 2.25. The molecule has 0 atom stereocenters. The van der Waals surface area contributed by atoms with E-state index in [0.717, 1.165) is 16.9 Å². The van der Waals surface area contributed by atoms with Gasteiger partial charge in [0.05, 0.1) is 5.39 Å². The van der Waals surface area contributed by atoms with Gasteiger partial charge in [-0.1, -0.05) is 0 Å². The van der Waals surface area contributed by atoms with E-state index in [0.29, 0.717) is 25.9 Å². The molecule has 0 radical (unpaired) electrons. The van der Waals surface area contributed by atoms with Gasteiger partial charge in [-0.25, -0.2) is 15.0 Å². The van der Waals surface area contributed by atoms with Crippen molar-refractivity contribution in [2.24, 2.45) is 5.92 Å². The number of hydrogen-bond donors (Lipinski definition) is 2. The Morgan fingerprint density at radius 2 is 2.12 bits per heavy atom. The minimum Gasteiger partial charge on any atom is -0.347 e. The molecule has 1 amide bonds. The lowest BCUT2D eigenvalue weighted by atomic mass is 9.97. The van der Waals surface area contributed by atoms with Crippen LogP contribution < -0.4 is 10.3 Å². The smallest absolute Gasteiger partial charge is 0.347 e. The van der Waals surface area contributed by atoms with Crippen LogP contribution in [0.25, 0.3) is 11.0 Å². The first-order chi connectivity index (χ1) is 11.8. The SMILES string of the molecule is CN(c1ncnc2[nH]ccc12)N1CCC(C(=O)NCC(F)(F)F)CC1. The molecule has 3 rings (SSSR count). The van der Waals surface area contributed by atoms with Gasteiger partial charge < -0.3 is 10.3 Å². The number of piperidine rings is 1. The summed E-state index contributed by atoms with van der Waals surface area (Å²) in [5, 5.41) is 6.79. The molecule has 3 heterocycles. The van der Waals surface area contributed by atoms with Crippen molar-refractivity contribution in [1.82, 2.24) is 25.3 Å². The van der Waals surface area contributed by atoms with Crippen LogP contribution in [0.15, 0.2) is 18.6 Å². The lowest BCUT2D eigenvalue weighted by Gasteiger charge is -2.38. The Kier molecular flexibility index (Phi) is 4.80. The van der Waals surface area contributed by atoms with Crippen molar-refractivity contribution in [1.29, 1.82) is 0 Å². The summed E-state index contributed by atoms with van der Waals surface area (Å²) >= 11 is 0. The third-order valence-electron chi connectivity index (χ3n) is 4.37. The molecule has 7 nitrogen and oxygen atoms in total. The Labute approximate surface area is 142 Å². The van der Waals surface area contributed by atoms with E-state index in [2.05, 4.69) is 15.0 Å². The lowest BCUT2D eigenvalue weighted by Crippen LogP contribution is -2.48. The third-order valence-corrected chi connectivity index (χ3v) is 4.37. The van der Waals surface area contributed by atoms with E-state index in [9.17, 15) is 18.0 Å². The zero-order valence-electron chi connectivity index (χ0n) is 13.7. The van der Waals surface area contributed by atoms with Crippen LogP contribution in [0.3, 0.4) is 0 Å². The number of carbonyl (C=O) groups is 1. The number of nitrogens with zero attached hydrogens (tertiary/aromatic N) is 4. The van der Waals surface area contributed by atoms with Crippen LogP contribution in [0.2, 0.25) is 0 Å². The average Bonchev–Trinajstić information content (AvgIpc) is 3.07. The molecule has 0 bridgehead atoms. The number of alkyl halides is 3. The maximum atomic E-state index is 12.2. The Morgan fingerprint density at radius 3 is 2.80 bits per heavy atom. The number of halogens is 3. The quantitative estimate of drug-likeness (QED) is 0.872. The predicted octanol–water partition coefficient (Wildman–Crippen LogP) is 1.70. The summed E-state index contributed by atoms with van der Waals surface area (Å²) in [5.41, 5.74) is 0.735. The van der Waals surface area contributed by atoms with E-state index in [4.69, 9.17) is 0 Å². The minimum absolute atomic E-state index is 0.398. The Bertz CT molecular complexity index is 738. The van der Waals surface area contributed by atoms with E-state index in [1.807, 2.05) is 28.4 Å². The fraction of sp³-hybridized carbons (Fsp3) is 0.533. The van der Waals surface area contributed by atoms with Crippen molar-refractivity contribution in [2.45, 2.75) is 19.0 Å². The molecule has 0 unspecified atom stereocenters. The largest absolute Gasteiger partial charge is 0.405 e. The number of fused-ring (bicyclic) bond motifs is 1. The van der Waals surface area contributed by atoms with Gasteiger partial charge in [0.2, 0.25) is 5.91 Å². The third kappa shape index (κ3) is 4.01. The number of carbonyl (C=O) groups excluding carboxylic acids is 1. The molecule has 2 aromatic rings. The summed E-state index contributed by atoms with van der Waals surface area (Å²) in [5.74, 6) is -0.189. The van der Waals surface area contributed by atoms with Gasteiger partial charge in [-0.15, -0.1) is 0 Å². The van der Waals surface area contributed by atoms with Crippen LogP contribution in [-0.4, -0.2) is 58.7 Å². The fourth-order valence-corrected chi connectivity index (χ4v) is 3.01. The second-order valence-electron chi connectivity index (χ2n) is 6.02. The van der Waals surface area contributed by atoms with Crippen LogP contribution in [0, 0.1) is 5.92 Å². The minimum atomic E-state index is -4.38. The summed E-state index contributed by atoms with van der Waals surface area (Å²) in [6.07, 6.45) is -0.133. The van der Waals surface area contributed by atoms with Gasteiger partial charge in [0.25, 0.3) is 0 Å². The van der Waals surface area contributed by atoms with Gasteiger partial charge in [-0.3, -0.25) is 9.80 Å². The predicted molar refractivity (Wildman–Crippen MR) is 85.7 cm³/mol. The average molecular weight is 356 g/mol. The summed E-state index contributed by atoms with van der Waals surface area (Å²) in [6, 6.07) is 1.89. The van der Waals surface area contributed by atoms with Gasteiger partial charge in [0.15, 0.2) is 5.82 Å². The van der Waals surface area contributed by atoms with Crippen LogP contribution in [-0.2, 0) is 4.79 Å². The molecule has 10 heteroatoms. The highest BCUT2D eigenvalue weighted by molar-refractivity contribution is 5.86. The van der Waals surface area contributed by atoms with Crippen molar-refractivity contribution < 1.29 is 18.0 Å². The molecule has 136 valence electrons. The number of anilines is 1. The number of hydrazine groups is 1. The van der Waals surface area contributed by atoms with Crippen LogP contribution in [0.5, 0.6) is 0 Å². The number of H-pyrrole nitrogens is 1. The molecule has 25 heavy (non-hydrogen) atoms. The second kappa shape index (κ2) is 6.87. The van der Waals surface area contributed by atoms with E-state index in [1.165, 1.54) is 6.33 Å². The van der Waals surface area contributed by atoms with Gasteiger partial charge >= 0.3 is 6.18 Å². The van der Waals surface area contributed by atoms with Crippen LogP contribution in [0.1, 0.15) is 12.8 Å². The first kappa shape index (κ1) is 17.5. The standard InChI is InChI=1S/C15H19F3N6O/c1-23(13-11-2-5-19-12(11)21-9-22-13)24-6-3-10(4-7-24)14(25)20-8-15(16,17)18/h2,5,9-10H,3-4,6-8H2,1H3,(H,20,25)(H,19,21,22). The maximum Gasteiger partial charge on any atom is 0.405 e. The van der Waals surface area contributed by atoms with E-state index in [1.54, 1.807) is 6.20 Å².